The molecule has 2 rings (SSSR count). The molecule has 2 aliphatic rings. The van der Waals surface area contributed by atoms with E-state index in [0.29, 0.717) is 0 Å². The largest absolute Gasteiger partial charge is 0.511 e. The van der Waals surface area contributed by atoms with Crippen molar-refractivity contribution >= 4 is 29.8 Å². The van der Waals surface area contributed by atoms with E-state index in [1.807, 2.05) is 0 Å². The minimum Gasteiger partial charge on any atom is -0.511 e. The highest BCUT2D eigenvalue weighted by atomic mass is 16.5. The Morgan fingerprint density at radius 2 is 1.41 bits per heavy atom. The van der Waals surface area contributed by atoms with Crippen LogP contribution in [0.25, 0.3) is 0 Å². The number of fused-ring (bicyclic) bond motifs is 2. The van der Waals surface area contributed by atoms with E-state index in [4.69, 9.17) is 18.9 Å². The van der Waals surface area contributed by atoms with Gasteiger partial charge < -0.3 is 33.9 Å². The average Bonchev–Trinajstić information content (AvgIpc) is 2.76. The van der Waals surface area contributed by atoms with E-state index in [1.54, 1.807) is 0 Å². The molecule has 2 bridgehead atoms. The maximum absolute atomic E-state index is 12.8. The number of esters is 5. The zero-order valence-electron chi connectivity index (χ0n) is 18.3. The predicted molar refractivity (Wildman–Crippen MR) is 101 cm³/mol. The van der Waals surface area contributed by atoms with E-state index in [1.165, 1.54) is 6.92 Å². The topological polar surface area (TPSA) is 172 Å². The highest BCUT2D eigenvalue weighted by Gasteiger charge is 2.72. The first-order valence-corrected chi connectivity index (χ1v) is 9.70. The maximum Gasteiger partial charge on any atom is 0.337 e. The highest BCUT2D eigenvalue weighted by molar-refractivity contribution is 5.96. The first-order valence-electron chi connectivity index (χ1n) is 9.70. The summed E-state index contributed by atoms with van der Waals surface area (Å²) in [5.74, 6) is -14.9. The Morgan fingerprint density at radius 3 is 1.88 bits per heavy atom. The Hall–Kier alpha value is -3.15. The normalized spacial score (nSPS) is 31.2. The molecule has 1 unspecified atom stereocenters. The van der Waals surface area contributed by atoms with Gasteiger partial charge >= 0.3 is 29.8 Å². The van der Waals surface area contributed by atoms with Crippen LogP contribution in [0.2, 0.25) is 0 Å². The molecule has 0 aliphatic heterocycles. The molecular weight excluding hydrogens is 432 g/mol. The van der Waals surface area contributed by atoms with Crippen molar-refractivity contribution in [2.24, 2.45) is 29.6 Å². The van der Waals surface area contributed by atoms with Crippen LogP contribution >= 0.6 is 0 Å². The molecule has 32 heavy (non-hydrogen) atoms. The molecule has 0 spiro atoms. The second-order valence-corrected chi connectivity index (χ2v) is 7.34. The summed E-state index contributed by atoms with van der Waals surface area (Å²) in [6.07, 6.45) is -0.386. The Balaban J connectivity index is 2.95. The third-order valence-electron chi connectivity index (χ3n) is 6.03. The monoisotopic (exact) mass is 458 g/mol. The van der Waals surface area contributed by atoms with E-state index < -0.39 is 76.4 Å². The fourth-order valence-corrected chi connectivity index (χ4v) is 4.82. The summed E-state index contributed by atoms with van der Waals surface area (Å²) in [6.45, 7) is 1.45. The molecule has 0 radical (unpaired) electrons. The number of hydrogen-bond donors (Lipinski definition) is 2. The van der Waals surface area contributed by atoms with Crippen molar-refractivity contribution in [2.75, 3.05) is 35.0 Å². The fraction of sp³-hybridized carbons (Fsp3) is 0.650. The standard InChI is InChI=1S/C20H26O12/c1-6-32-15(22)9-7-8-10(16(23)28-2)14(21)13(19(26)31-5)20(27,11(8)17(24)29-3)12(9)18(25)30-4/h8-9,11-13,21,27H,6-7H2,1-5H3/t8-,9?,11+,12+,13+,20+/m0/s1. The van der Waals surface area contributed by atoms with Crippen LogP contribution in [0.1, 0.15) is 13.3 Å². The van der Waals surface area contributed by atoms with Crippen LogP contribution < -0.4 is 0 Å². The molecule has 1 saturated carbocycles. The lowest BCUT2D eigenvalue weighted by atomic mass is 9.50. The van der Waals surface area contributed by atoms with Crippen molar-refractivity contribution in [2.45, 2.75) is 18.9 Å². The molecule has 12 nitrogen and oxygen atoms in total. The van der Waals surface area contributed by atoms with Gasteiger partial charge in [-0.15, -0.1) is 0 Å². The molecule has 6 atom stereocenters. The van der Waals surface area contributed by atoms with Gasteiger partial charge in [0, 0.05) is 5.92 Å². The van der Waals surface area contributed by atoms with Gasteiger partial charge in [-0.1, -0.05) is 0 Å². The number of ether oxygens (including phenoxy) is 5. The summed E-state index contributed by atoms with van der Waals surface area (Å²) >= 11 is 0. The zero-order valence-corrected chi connectivity index (χ0v) is 18.3. The van der Waals surface area contributed by atoms with Crippen molar-refractivity contribution in [1.82, 2.24) is 0 Å². The lowest BCUT2D eigenvalue weighted by Gasteiger charge is -2.54. The number of methoxy groups -OCH3 is 4. The SMILES string of the molecule is CCOC(=O)C1C[C@H]2C(C(=O)OC)=C(O)[C@H](C(=O)OC)[C@](O)([C@H]1C(=O)OC)[C@H]2C(=O)OC. The molecule has 2 aliphatic carbocycles. The number of hydrogen-bond acceptors (Lipinski definition) is 12. The van der Waals surface area contributed by atoms with Gasteiger partial charge in [0.15, 0.2) is 0 Å². The quantitative estimate of drug-likeness (QED) is 0.378. The summed E-state index contributed by atoms with van der Waals surface area (Å²) in [4.78, 5) is 63.6. The predicted octanol–water partition coefficient (Wildman–Crippen LogP) is -0.717. The third-order valence-corrected chi connectivity index (χ3v) is 6.03. The maximum atomic E-state index is 12.8. The van der Waals surface area contributed by atoms with Gasteiger partial charge in [-0.3, -0.25) is 19.2 Å². The zero-order chi connectivity index (χ0) is 24.4. The van der Waals surface area contributed by atoms with Gasteiger partial charge in [0.25, 0.3) is 0 Å². The molecule has 0 amide bonds. The molecule has 2 N–H and O–H groups in total. The number of aliphatic hydroxyl groups is 2. The molecule has 0 saturated heterocycles. The number of aliphatic hydroxyl groups excluding tert-OH is 1. The number of carbonyl (C=O) groups is 5. The van der Waals surface area contributed by atoms with Crippen molar-refractivity contribution in [1.29, 1.82) is 0 Å². The molecule has 178 valence electrons. The smallest absolute Gasteiger partial charge is 0.337 e. The second-order valence-electron chi connectivity index (χ2n) is 7.34. The van der Waals surface area contributed by atoms with Crippen LogP contribution in [0.5, 0.6) is 0 Å². The van der Waals surface area contributed by atoms with Crippen LogP contribution in [0.3, 0.4) is 0 Å². The lowest BCUT2D eigenvalue weighted by Crippen LogP contribution is -2.69. The van der Waals surface area contributed by atoms with Crippen molar-refractivity contribution in [3.63, 3.8) is 0 Å². The molecule has 0 aromatic carbocycles. The van der Waals surface area contributed by atoms with Gasteiger partial charge in [-0.2, -0.15) is 0 Å². The van der Waals surface area contributed by atoms with Gasteiger partial charge in [0.2, 0.25) is 0 Å². The number of carbonyl (C=O) groups excluding carboxylic acids is 5. The third kappa shape index (κ3) is 3.68. The van der Waals surface area contributed by atoms with Crippen LogP contribution in [-0.2, 0) is 47.7 Å². The Morgan fingerprint density at radius 1 is 0.875 bits per heavy atom. The van der Waals surface area contributed by atoms with Gasteiger partial charge in [-0.25, -0.2) is 4.79 Å². The van der Waals surface area contributed by atoms with Crippen LogP contribution in [-0.4, -0.2) is 80.7 Å². The molecule has 0 heterocycles. The van der Waals surface area contributed by atoms with Crippen LogP contribution in [0, 0.1) is 29.6 Å². The van der Waals surface area contributed by atoms with Gasteiger partial charge in [0.1, 0.15) is 23.2 Å². The van der Waals surface area contributed by atoms with E-state index in [9.17, 15) is 34.2 Å². The summed E-state index contributed by atoms with van der Waals surface area (Å²) in [7, 11) is 3.93. The molecular formula is C20H26O12. The second kappa shape index (κ2) is 9.55. The van der Waals surface area contributed by atoms with Crippen LogP contribution in [0.4, 0.5) is 0 Å². The first kappa shape index (κ1) is 25.1. The minimum atomic E-state index is -2.75. The lowest BCUT2D eigenvalue weighted by molar-refractivity contribution is -0.217. The minimum absolute atomic E-state index is 0.0713. The fourth-order valence-electron chi connectivity index (χ4n) is 4.82. The van der Waals surface area contributed by atoms with Gasteiger partial charge in [0.05, 0.1) is 52.5 Å². The molecule has 0 aromatic heterocycles. The first-order chi connectivity index (χ1) is 15.1. The van der Waals surface area contributed by atoms with Crippen LogP contribution in [0.15, 0.2) is 11.3 Å². The summed E-state index contributed by atoms with van der Waals surface area (Å²) in [5, 5.41) is 22.7. The Kier molecular flexibility index (Phi) is 7.50. The summed E-state index contributed by atoms with van der Waals surface area (Å²) in [6, 6.07) is 0. The van der Waals surface area contributed by atoms with Gasteiger partial charge in [-0.05, 0) is 13.3 Å². The summed E-state index contributed by atoms with van der Waals surface area (Å²) in [5.41, 5.74) is -3.27. The highest BCUT2D eigenvalue weighted by Crippen LogP contribution is 2.57. The van der Waals surface area contributed by atoms with E-state index in [-0.39, 0.29) is 13.0 Å². The Bertz CT molecular complexity index is 846. The molecule has 1 fully saturated rings. The van der Waals surface area contributed by atoms with E-state index >= 15 is 0 Å². The van der Waals surface area contributed by atoms with Crippen molar-refractivity contribution in [3.05, 3.63) is 11.3 Å². The number of rotatable bonds is 6. The molecule has 12 heteroatoms. The summed E-state index contributed by atoms with van der Waals surface area (Å²) < 4.78 is 23.9. The van der Waals surface area contributed by atoms with E-state index in [0.717, 1.165) is 28.4 Å². The van der Waals surface area contributed by atoms with E-state index in [2.05, 4.69) is 4.74 Å². The van der Waals surface area contributed by atoms with Crippen molar-refractivity contribution in [3.8, 4) is 0 Å². The average molecular weight is 458 g/mol. The van der Waals surface area contributed by atoms with Crippen molar-refractivity contribution < 1.29 is 57.9 Å². The molecule has 0 aromatic rings. The Labute approximate surface area is 183 Å².